The van der Waals surface area contributed by atoms with Crippen molar-refractivity contribution in [2.45, 2.75) is 27.7 Å². The number of nitrogens with one attached hydrogen (secondary N) is 1. The molecule has 0 bridgehead atoms. The molecule has 4 heteroatoms. The lowest BCUT2D eigenvalue weighted by atomic mass is 10.2. The van der Waals surface area contributed by atoms with Crippen LogP contribution < -0.4 is 5.32 Å². The molecule has 0 fully saturated rings. The molecule has 0 aliphatic rings. The van der Waals surface area contributed by atoms with Crippen LogP contribution in [0.3, 0.4) is 0 Å². The molecular formula is C20H23ClN2O. The molecule has 0 aromatic carbocycles. The highest BCUT2D eigenvalue weighted by atomic mass is 35.5. The van der Waals surface area contributed by atoms with Crippen molar-refractivity contribution < 1.29 is 4.79 Å². The van der Waals surface area contributed by atoms with E-state index in [0.29, 0.717) is 16.4 Å². The van der Waals surface area contributed by atoms with Crippen LogP contribution in [0.15, 0.2) is 71.0 Å². The maximum Gasteiger partial charge on any atom is 0.252 e. The third kappa shape index (κ3) is 7.25. The van der Waals surface area contributed by atoms with Gasteiger partial charge in [0.15, 0.2) is 0 Å². The van der Waals surface area contributed by atoms with Crippen LogP contribution in [-0.2, 0) is 4.79 Å². The largest absolute Gasteiger partial charge is 0.307 e. The Labute approximate surface area is 149 Å². The van der Waals surface area contributed by atoms with Crippen LogP contribution in [0.2, 0.25) is 0 Å². The first kappa shape index (κ1) is 19.7. The lowest BCUT2D eigenvalue weighted by molar-refractivity contribution is -0.112. The molecule has 0 aliphatic heterocycles. The molecule has 1 amide bonds. The molecule has 1 aromatic rings. The fourth-order valence-electron chi connectivity index (χ4n) is 1.61. The van der Waals surface area contributed by atoms with E-state index in [1.54, 1.807) is 25.3 Å². The molecule has 3 nitrogen and oxygen atoms in total. The van der Waals surface area contributed by atoms with Crippen molar-refractivity contribution in [2.24, 2.45) is 0 Å². The van der Waals surface area contributed by atoms with Gasteiger partial charge in [0.2, 0.25) is 0 Å². The van der Waals surface area contributed by atoms with Gasteiger partial charge >= 0.3 is 0 Å². The molecule has 0 radical (unpaired) electrons. The second-order valence-corrected chi connectivity index (χ2v) is 5.64. The molecule has 1 aromatic heterocycles. The Morgan fingerprint density at radius 2 is 1.96 bits per heavy atom. The summed E-state index contributed by atoms with van der Waals surface area (Å²) in [6.07, 6.45) is 14.7. The summed E-state index contributed by atoms with van der Waals surface area (Å²) in [7, 11) is 0. The van der Waals surface area contributed by atoms with Crippen molar-refractivity contribution in [3.8, 4) is 0 Å². The SMILES string of the molecule is C/C=C\C=C(/C)C(=O)Nc1ccc(/C=C(Cl)/C=C\C(C)=C/C)cn1. The number of carbonyl (C=O) groups excluding carboxylic acids is 1. The van der Waals surface area contributed by atoms with Crippen molar-refractivity contribution in [3.05, 3.63) is 76.5 Å². The van der Waals surface area contributed by atoms with Crippen LogP contribution in [0.1, 0.15) is 33.3 Å². The molecular weight excluding hydrogens is 320 g/mol. The Kier molecular flexibility index (Phi) is 8.52. The van der Waals surface area contributed by atoms with Gasteiger partial charge in [-0.15, -0.1) is 0 Å². The van der Waals surface area contributed by atoms with Crippen LogP contribution in [0, 0.1) is 0 Å². The minimum atomic E-state index is -0.174. The van der Waals surface area contributed by atoms with E-state index >= 15 is 0 Å². The number of anilines is 1. The van der Waals surface area contributed by atoms with E-state index in [9.17, 15) is 4.79 Å². The van der Waals surface area contributed by atoms with Crippen LogP contribution in [-0.4, -0.2) is 10.9 Å². The van der Waals surface area contributed by atoms with Gasteiger partial charge in [0.25, 0.3) is 5.91 Å². The number of amides is 1. The summed E-state index contributed by atoms with van der Waals surface area (Å²) in [5, 5.41) is 3.36. The highest BCUT2D eigenvalue weighted by Gasteiger charge is 2.04. The second-order valence-electron chi connectivity index (χ2n) is 5.20. The number of allylic oxidation sites excluding steroid dienone is 8. The maximum atomic E-state index is 12.0. The lowest BCUT2D eigenvalue weighted by Gasteiger charge is -2.04. The molecule has 1 heterocycles. The van der Waals surface area contributed by atoms with Crippen LogP contribution in [0.5, 0.6) is 0 Å². The van der Waals surface area contributed by atoms with E-state index in [4.69, 9.17) is 11.6 Å². The van der Waals surface area contributed by atoms with Gasteiger partial charge in [0, 0.05) is 16.8 Å². The van der Waals surface area contributed by atoms with E-state index in [-0.39, 0.29) is 5.91 Å². The number of pyridine rings is 1. The van der Waals surface area contributed by atoms with Crippen LogP contribution >= 0.6 is 11.6 Å². The molecule has 0 saturated carbocycles. The van der Waals surface area contributed by atoms with Crippen LogP contribution in [0.25, 0.3) is 6.08 Å². The topological polar surface area (TPSA) is 42.0 Å². The fraction of sp³-hybridized carbons (Fsp3) is 0.200. The standard InChI is InChI=1S/C20H23ClN2O/c1-5-7-8-16(4)20(24)23-19-12-10-17(14-22-19)13-18(21)11-9-15(3)6-2/h5-14H,1-4H3,(H,22,23,24)/b7-5-,11-9-,15-6-,16-8+,18-13-. The van der Waals surface area contributed by atoms with Gasteiger partial charge in [-0.1, -0.05) is 47.6 Å². The minimum Gasteiger partial charge on any atom is -0.307 e. The highest BCUT2D eigenvalue weighted by molar-refractivity contribution is 6.33. The Bertz CT molecular complexity index is 708. The van der Waals surface area contributed by atoms with Gasteiger partial charge in [0.05, 0.1) is 0 Å². The Hall–Kier alpha value is -2.39. The van der Waals surface area contributed by atoms with E-state index in [2.05, 4.69) is 10.3 Å². The number of rotatable bonds is 6. The van der Waals surface area contributed by atoms with E-state index < -0.39 is 0 Å². The van der Waals surface area contributed by atoms with Gasteiger partial charge in [-0.05, 0) is 57.5 Å². The zero-order valence-electron chi connectivity index (χ0n) is 14.5. The molecule has 126 valence electrons. The van der Waals surface area contributed by atoms with Crippen molar-refractivity contribution in [1.29, 1.82) is 0 Å². The minimum absolute atomic E-state index is 0.174. The first-order chi connectivity index (χ1) is 11.5. The number of hydrogen-bond donors (Lipinski definition) is 1. The number of hydrogen-bond acceptors (Lipinski definition) is 2. The van der Waals surface area contributed by atoms with Gasteiger partial charge in [0.1, 0.15) is 5.82 Å². The quantitative estimate of drug-likeness (QED) is 0.536. The zero-order valence-corrected chi connectivity index (χ0v) is 15.3. The fourth-order valence-corrected chi connectivity index (χ4v) is 1.80. The third-order valence-corrected chi connectivity index (χ3v) is 3.43. The zero-order chi connectivity index (χ0) is 17.9. The van der Waals surface area contributed by atoms with Crippen molar-refractivity contribution >= 4 is 29.4 Å². The van der Waals surface area contributed by atoms with E-state index in [0.717, 1.165) is 11.1 Å². The number of carbonyl (C=O) groups is 1. The van der Waals surface area contributed by atoms with Gasteiger partial charge in [-0.25, -0.2) is 4.98 Å². The Balaban J connectivity index is 2.76. The summed E-state index contributed by atoms with van der Waals surface area (Å²) in [6.45, 7) is 7.64. The van der Waals surface area contributed by atoms with Crippen molar-refractivity contribution in [3.63, 3.8) is 0 Å². The first-order valence-corrected chi connectivity index (χ1v) is 8.09. The summed E-state index contributed by atoms with van der Waals surface area (Å²) in [5.41, 5.74) is 2.62. The Morgan fingerprint density at radius 3 is 2.54 bits per heavy atom. The summed E-state index contributed by atoms with van der Waals surface area (Å²) in [4.78, 5) is 16.2. The van der Waals surface area contributed by atoms with E-state index in [1.807, 2.05) is 63.3 Å². The summed E-state index contributed by atoms with van der Waals surface area (Å²) < 4.78 is 0. The molecule has 1 rings (SSSR count). The predicted octanol–water partition coefficient (Wildman–Crippen LogP) is 5.64. The summed E-state index contributed by atoms with van der Waals surface area (Å²) in [6, 6.07) is 3.60. The van der Waals surface area contributed by atoms with Crippen LogP contribution in [0.4, 0.5) is 5.82 Å². The maximum absolute atomic E-state index is 12.0. The highest BCUT2D eigenvalue weighted by Crippen LogP contribution is 2.14. The molecule has 1 N–H and O–H groups in total. The molecule has 0 atom stereocenters. The summed E-state index contributed by atoms with van der Waals surface area (Å²) >= 11 is 6.17. The monoisotopic (exact) mass is 342 g/mol. The van der Waals surface area contributed by atoms with Crippen molar-refractivity contribution in [1.82, 2.24) is 4.98 Å². The van der Waals surface area contributed by atoms with Crippen molar-refractivity contribution in [2.75, 3.05) is 5.32 Å². The second kappa shape index (κ2) is 10.4. The van der Waals surface area contributed by atoms with E-state index in [1.165, 1.54) is 0 Å². The molecule has 0 saturated heterocycles. The molecule has 0 spiro atoms. The smallest absolute Gasteiger partial charge is 0.252 e. The number of nitrogens with zero attached hydrogens (tertiary/aromatic N) is 1. The molecule has 0 aliphatic carbocycles. The number of aromatic nitrogens is 1. The normalized spacial score (nSPS) is 13.8. The van der Waals surface area contributed by atoms with Gasteiger partial charge in [-0.2, -0.15) is 0 Å². The predicted molar refractivity (Wildman–Crippen MR) is 104 cm³/mol. The average Bonchev–Trinajstić information content (AvgIpc) is 2.59. The summed E-state index contributed by atoms with van der Waals surface area (Å²) in [5.74, 6) is 0.327. The number of halogens is 1. The third-order valence-electron chi connectivity index (χ3n) is 3.19. The lowest BCUT2D eigenvalue weighted by Crippen LogP contribution is -2.13. The van der Waals surface area contributed by atoms with Gasteiger partial charge in [-0.3, -0.25) is 4.79 Å². The first-order valence-electron chi connectivity index (χ1n) is 7.71. The average molecular weight is 343 g/mol. The molecule has 0 unspecified atom stereocenters. The molecule has 24 heavy (non-hydrogen) atoms. The van der Waals surface area contributed by atoms with Gasteiger partial charge < -0.3 is 5.32 Å². The Morgan fingerprint density at radius 1 is 1.21 bits per heavy atom.